The SMILES string of the molecule is CCCn1ncnc1CNc1ccc(OC)cc1. The van der Waals surface area contributed by atoms with Crippen molar-refractivity contribution < 1.29 is 4.74 Å². The molecule has 0 amide bonds. The number of benzene rings is 1. The Hall–Kier alpha value is -2.04. The maximum Gasteiger partial charge on any atom is 0.146 e. The van der Waals surface area contributed by atoms with Gasteiger partial charge in [0, 0.05) is 12.2 Å². The van der Waals surface area contributed by atoms with E-state index in [1.165, 1.54) is 0 Å². The largest absolute Gasteiger partial charge is 0.497 e. The van der Waals surface area contributed by atoms with E-state index in [9.17, 15) is 0 Å². The van der Waals surface area contributed by atoms with Crippen molar-refractivity contribution in [2.75, 3.05) is 12.4 Å². The van der Waals surface area contributed by atoms with E-state index < -0.39 is 0 Å². The molecule has 5 heteroatoms. The van der Waals surface area contributed by atoms with Gasteiger partial charge >= 0.3 is 0 Å². The first-order valence-corrected chi connectivity index (χ1v) is 6.08. The van der Waals surface area contributed by atoms with E-state index in [0.717, 1.165) is 30.2 Å². The maximum absolute atomic E-state index is 5.12. The Morgan fingerprint density at radius 2 is 2.06 bits per heavy atom. The molecule has 1 N–H and O–H groups in total. The molecule has 0 spiro atoms. The number of hydrogen-bond acceptors (Lipinski definition) is 4. The molecule has 0 aliphatic heterocycles. The van der Waals surface area contributed by atoms with Gasteiger partial charge in [0.2, 0.25) is 0 Å². The number of ether oxygens (including phenoxy) is 1. The third-order valence-electron chi connectivity index (χ3n) is 2.67. The highest BCUT2D eigenvalue weighted by Crippen LogP contribution is 2.15. The van der Waals surface area contributed by atoms with Crippen LogP contribution < -0.4 is 10.1 Å². The van der Waals surface area contributed by atoms with Crippen molar-refractivity contribution in [3.05, 3.63) is 36.4 Å². The van der Waals surface area contributed by atoms with E-state index >= 15 is 0 Å². The summed E-state index contributed by atoms with van der Waals surface area (Å²) >= 11 is 0. The van der Waals surface area contributed by atoms with Crippen LogP contribution in [0.25, 0.3) is 0 Å². The average Bonchev–Trinajstić information content (AvgIpc) is 2.85. The summed E-state index contributed by atoms with van der Waals surface area (Å²) in [6.07, 6.45) is 2.65. The lowest BCUT2D eigenvalue weighted by Crippen LogP contribution is -2.09. The molecule has 0 bridgehead atoms. The van der Waals surface area contributed by atoms with Crippen molar-refractivity contribution in [1.29, 1.82) is 0 Å². The van der Waals surface area contributed by atoms with E-state index in [4.69, 9.17) is 4.74 Å². The molecule has 1 heterocycles. The first-order valence-electron chi connectivity index (χ1n) is 6.08. The number of nitrogens with one attached hydrogen (secondary N) is 1. The molecular formula is C13H18N4O. The first kappa shape index (κ1) is 12.4. The lowest BCUT2D eigenvalue weighted by Gasteiger charge is -2.08. The van der Waals surface area contributed by atoms with E-state index in [-0.39, 0.29) is 0 Å². The molecule has 0 aliphatic carbocycles. The van der Waals surface area contributed by atoms with Crippen molar-refractivity contribution in [2.24, 2.45) is 0 Å². The standard InChI is InChI=1S/C13H18N4O/c1-3-8-17-13(15-10-16-17)9-14-11-4-6-12(18-2)7-5-11/h4-7,10,14H,3,8-9H2,1-2H3. The Labute approximate surface area is 107 Å². The van der Waals surface area contributed by atoms with Crippen LogP contribution >= 0.6 is 0 Å². The summed E-state index contributed by atoms with van der Waals surface area (Å²) in [6, 6.07) is 7.83. The molecule has 0 saturated carbocycles. The number of anilines is 1. The summed E-state index contributed by atoms with van der Waals surface area (Å²) < 4.78 is 7.04. The molecule has 0 saturated heterocycles. The van der Waals surface area contributed by atoms with Crippen LogP contribution in [0.3, 0.4) is 0 Å². The van der Waals surface area contributed by atoms with Crippen LogP contribution in [0.4, 0.5) is 5.69 Å². The molecule has 0 fully saturated rings. The van der Waals surface area contributed by atoms with Crippen LogP contribution in [0.1, 0.15) is 19.2 Å². The molecule has 0 unspecified atom stereocenters. The van der Waals surface area contributed by atoms with Gasteiger partial charge in [-0.3, -0.25) is 0 Å². The average molecular weight is 246 g/mol. The van der Waals surface area contributed by atoms with Crippen LogP contribution in [-0.4, -0.2) is 21.9 Å². The normalized spacial score (nSPS) is 10.3. The van der Waals surface area contributed by atoms with Gasteiger partial charge in [0.05, 0.1) is 13.7 Å². The molecule has 2 rings (SSSR count). The van der Waals surface area contributed by atoms with Crippen molar-refractivity contribution in [2.45, 2.75) is 26.4 Å². The molecule has 96 valence electrons. The van der Waals surface area contributed by atoms with Gasteiger partial charge in [-0.15, -0.1) is 0 Å². The Balaban J connectivity index is 1.95. The topological polar surface area (TPSA) is 52.0 Å². The van der Waals surface area contributed by atoms with Crippen LogP contribution in [-0.2, 0) is 13.1 Å². The number of methoxy groups -OCH3 is 1. The van der Waals surface area contributed by atoms with Crippen LogP contribution in [0.5, 0.6) is 5.75 Å². The molecule has 5 nitrogen and oxygen atoms in total. The van der Waals surface area contributed by atoms with Crippen molar-refractivity contribution in [3.63, 3.8) is 0 Å². The fraction of sp³-hybridized carbons (Fsp3) is 0.385. The lowest BCUT2D eigenvalue weighted by atomic mass is 10.3. The first-order chi connectivity index (χ1) is 8.83. The summed E-state index contributed by atoms with van der Waals surface area (Å²) in [5, 5.41) is 7.51. The Morgan fingerprint density at radius 1 is 1.28 bits per heavy atom. The van der Waals surface area contributed by atoms with Gasteiger partial charge in [-0.05, 0) is 30.7 Å². The second kappa shape index (κ2) is 6.05. The van der Waals surface area contributed by atoms with E-state index in [0.29, 0.717) is 6.54 Å². The summed E-state index contributed by atoms with van der Waals surface area (Å²) in [5.41, 5.74) is 1.04. The highest BCUT2D eigenvalue weighted by atomic mass is 16.5. The Morgan fingerprint density at radius 3 is 2.72 bits per heavy atom. The minimum absolute atomic E-state index is 0.673. The Kier molecular flexibility index (Phi) is 4.17. The third-order valence-corrected chi connectivity index (χ3v) is 2.67. The Bertz CT molecular complexity index is 478. The van der Waals surface area contributed by atoms with Gasteiger partial charge in [-0.25, -0.2) is 9.67 Å². The fourth-order valence-corrected chi connectivity index (χ4v) is 1.71. The monoisotopic (exact) mass is 246 g/mol. The lowest BCUT2D eigenvalue weighted by molar-refractivity contribution is 0.415. The van der Waals surface area contributed by atoms with Crippen LogP contribution in [0.2, 0.25) is 0 Å². The molecule has 1 aromatic heterocycles. The molecule has 0 aliphatic rings. The number of nitrogens with zero attached hydrogens (tertiary/aromatic N) is 3. The fourth-order valence-electron chi connectivity index (χ4n) is 1.71. The van der Waals surface area contributed by atoms with Gasteiger partial charge in [0.15, 0.2) is 0 Å². The highest BCUT2D eigenvalue weighted by molar-refractivity contribution is 5.46. The predicted octanol–water partition coefficient (Wildman–Crippen LogP) is 2.31. The van der Waals surface area contributed by atoms with Crippen LogP contribution in [0, 0.1) is 0 Å². The highest BCUT2D eigenvalue weighted by Gasteiger charge is 2.03. The van der Waals surface area contributed by atoms with Gasteiger partial charge in [-0.1, -0.05) is 6.92 Å². The number of hydrogen-bond donors (Lipinski definition) is 1. The minimum atomic E-state index is 0.673. The van der Waals surface area contributed by atoms with E-state index in [1.807, 2.05) is 28.9 Å². The number of aromatic nitrogens is 3. The second-order valence-corrected chi connectivity index (χ2v) is 3.98. The maximum atomic E-state index is 5.12. The smallest absolute Gasteiger partial charge is 0.146 e. The second-order valence-electron chi connectivity index (χ2n) is 3.98. The van der Waals surface area contributed by atoms with Gasteiger partial charge in [0.1, 0.15) is 17.9 Å². The molecule has 0 radical (unpaired) electrons. The zero-order valence-electron chi connectivity index (χ0n) is 10.8. The summed E-state index contributed by atoms with van der Waals surface area (Å²) in [6.45, 7) is 3.70. The van der Waals surface area contributed by atoms with E-state index in [2.05, 4.69) is 22.3 Å². The van der Waals surface area contributed by atoms with Crippen molar-refractivity contribution in [1.82, 2.24) is 14.8 Å². The van der Waals surface area contributed by atoms with Gasteiger partial charge < -0.3 is 10.1 Å². The zero-order chi connectivity index (χ0) is 12.8. The minimum Gasteiger partial charge on any atom is -0.497 e. The molecule has 1 aromatic carbocycles. The molecular weight excluding hydrogens is 228 g/mol. The van der Waals surface area contributed by atoms with E-state index in [1.54, 1.807) is 13.4 Å². The summed E-state index contributed by atoms with van der Waals surface area (Å²) in [4.78, 5) is 4.25. The molecule has 2 aromatic rings. The van der Waals surface area contributed by atoms with Crippen LogP contribution in [0.15, 0.2) is 30.6 Å². The molecule has 0 atom stereocenters. The van der Waals surface area contributed by atoms with Gasteiger partial charge in [0.25, 0.3) is 0 Å². The zero-order valence-corrected chi connectivity index (χ0v) is 10.8. The predicted molar refractivity (Wildman–Crippen MR) is 70.6 cm³/mol. The third kappa shape index (κ3) is 3.00. The molecule has 18 heavy (non-hydrogen) atoms. The number of rotatable bonds is 6. The number of aryl methyl sites for hydroxylation is 1. The van der Waals surface area contributed by atoms with Crippen molar-refractivity contribution in [3.8, 4) is 5.75 Å². The quantitative estimate of drug-likeness (QED) is 0.849. The van der Waals surface area contributed by atoms with Gasteiger partial charge in [-0.2, -0.15) is 5.10 Å². The summed E-state index contributed by atoms with van der Waals surface area (Å²) in [7, 11) is 1.66. The summed E-state index contributed by atoms with van der Waals surface area (Å²) in [5.74, 6) is 1.81. The van der Waals surface area contributed by atoms with Crippen molar-refractivity contribution >= 4 is 5.69 Å².